The van der Waals surface area contributed by atoms with E-state index in [4.69, 9.17) is 0 Å². The third kappa shape index (κ3) is 2.50. The minimum absolute atomic E-state index is 0.0437. The van der Waals surface area contributed by atoms with Crippen molar-refractivity contribution in [2.75, 3.05) is 0 Å². The molecule has 0 aliphatic heterocycles. The van der Waals surface area contributed by atoms with E-state index in [1.54, 1.807) is 30.3 Å². The molecule has 3 rings (SSSR count). The molecular weight excluding hydrogens is 297 g/mol. The second kappa shape index (κ2) is 5.68. The van der Waals surface area contributed by atoms with Gasteiger partial charge >= 0.3 is 5.97 Å². The van der Waals surface area contributed by atoms with Crippen molar-refractivity contribution in [3.63, 3.8) is 0 Å². The zero-order chi connectivity index (χ0) is 16.6. The number of fused-ring (bicyclic) bond motifs is 1. The molecule has 1 heterocycles. The number of carboxylic acid groups (broad SMARTS) is 1. The Bertz CT molecular complexity index is 927. The lowest BCUT2D eigenvalue weighted by Crippen LogP contribution is -2.12. The molecule has 0 aliphatic rings. The van der Waals surface area contributed by atoms with Gasteiger partial charge in [0.05, 0.1) is 12.1 Å². The highest BCUT2D eigenvalue weighted by molar-refractivity contribution is 6.08. The van der Waals surface area contributed by atoms with Crippen LogP contribution in [0.15, 0.2) is 42.5 Å². The second-order valence-corrected chi connectivity index (χ2v) is 5.38. The Morgan fingerprint density at radius 1 is 1.26 bits per heavy atom. The Morgan fingerprint density at radius 2 is 2.00 bits per heavy atom. The van der Waals surface area contributed by atoms with Crippen molar-refractivity contribution in [3.8, 4) is 0 Å². The Labute approximate surface area is 131 Å². The average molecular weight is 311 g/mol. The summed E-state index contributed by atoms with van der Waals surface area (Å²) in [6.07, 6.45) is 0.541. The van der Waals surface area contributed by atoms with E-state index in [0.29, 0.717) is 22.8 Å². The van der Waals surface area contributed by atoms with E-state index in [1.165, 1.54) is 10.6 Å². The van der Waals surface area contributed by atoms with Crippen molar-refractivity contribution in [3.05, 3.63) is 70.7 Å². The van der Waals surface area contributed by atoms with Crippen LogP contribution in [0.3, 0.4) is 0 Å². The molecule has 23 heavy (non-hydrogen) atoms. The quantitative estimate of drug-likeness (QED) is 0.748. The summed E-state index contributed by atoms with van der Waals surface area (Å²) >= 11 is 0. The zero-order valence-corrected chi connectivity index (χ0v) is 12.4. The van der Waals surface area contributed by atoms with Gasteiger partial charge in [-0.15, -0.1) is 0 Å². The smallest absolute Gasteiger partial charge is 0.353 e. The molecule has 0 fully saturated rings. The van der Waals surface area contributed by atoms with Gasteiger partial charge in [0, 0.05) is 16.5 Å². The number of carbonyl (C=O) groups excluding carboxylic acids is 1. The Morgan fingerprint density at radius 3 is 2.65 bits per heavy atom. The number of halogens is 1. The summed E-state index contributed by atoms with van der Waals surface area (Å²) in [4.78, 5) is 23.1. The maximum absolute atomic E-state index is 13.9. The van der Waals surface area contributed by atoms with Crippen LogP contribution in [0.1, 0.15) is 32.0 Å². The van der Waals surface area contributed by atoms with Crippen molar-refractivity contribution in [1.82, 2.24) is 4.57 Å². The number of aldehydes is 1. The highest BCUT2D eigenvalue weighted by atomic mass is 19.1. The van der Waals surface area contributed by atoms with Gasteiger partial charge in [-0.1, -0.05) is 30.3 Å². The fraction of sp³-hybridized carbons (Fsp3) is 0.111. The van der Waals surface area contributed by atoms with Crippen molar-refractivity contribution in [2.45, 2.75) is 13.5 Å². The fourth-order valence-electron chi connectivity index (χ4n) is 2.80. The summed E-state index contributed by atoms with van der Waals surface area (Å²) in [6.45, 7) is 1.92. The molecule has 1 N–H and O–H groups in total. The minimum Gasteiger partial charge on any atom is -0.477 e. The molecule has 3 aromatic rings. The number of aryl methyl sites for hydroxylation is 1. The largest absolute Gasteiger partial charge is 0.477 e. The Balaban J connectivity index is 2.31. The summed E-state index contributed by atoms with van der Waals surface area (Å²) in [6, 6.07) is 11.5. The maximum atomic E-state index is 13.9. The first-order valence-electron chi connectivity index (χ1n) is 7.07. The van der Waals surface area contributed by atoms with Crippen molar-refractivity contribution in [2.24, 2.45) is 0 Å². The van der Waals surface area contributed by atoms with Gasteiger partial charge < -0.3 is 9.67 Å². The van der Waals surface area contributed by atoms with Crippen molar-refractivity contribution >= 4 is 23.2 Å². The third-order valence-corrected chi connectivity index (χ3v) is 3.87. The van der Waals surface area contributed by atoms with Gasteiger partial charge in [-0.2, -0.15) is 0 Å². The van der Waals surface area contributed by atoms with Crippen LogP contribution in [0, 0.1) is 12.7 Å². The summed E-state index contributed by atoms with van der Waals surface area (Å²) < 4.78 is 15.4. The summed E-state index contributed by atoms with van der Waals surface area (Å²) in [7, 11) is 0. The van der Waals surface area contributed by atoms with Crippen LogP contribution in [-0.4, -0.2) is 21.9 Å². The van der Waals surface area contributed by atoms with Crippen molar-refractivity contribution < 1.29 is 19.1 Å². The second-order valence-electron chi connectivity index (χ2n) is 5.38. The number of hydrogen-bond acceptors (Lipinski definition) is 2. The predicted octanol–water partition coefficient (Wildman–Crippen LogP) is 3.65. The lowest BCUT2D eigenvalue weighted by Gasteiger charge is -2.10. The first kappa shape index (κ1) is 15.0. The SMILES string of the molecule is Cc1ccc2c(C=O)c(C(=O)O)n(Cc3ccccc3F)c2c1. The van der Waals surface area contributed by atoms with Gasteiger partial charge in [-0.05, 0) is 24.6 Å². The molecule has 0 aliphatic carbocycles. The number of carboxylic acids is 1. The molecule has 0 amide bonds. The van der Waals surface area contributed by atoms with Crippen LogP contribution >= 0.6 is 0 Å². The third-order valence-electron chi connectivity index (χ3n) is 3.87. The molecule has 0 spiro atoms. The van der Waals surface area contributed by atoms with Gasteiger partial charge in [0.15, 0.2) is 6.29 Å². The molecule has 0 radical (unpaired) electrons. The van der Waals surface area contributed by atoms with E-state index >= 15 is 0 Å². The first-order valence-corrected chi connectivity index (χ1v) is 7.07. The number of aromatic nitrogens is 1. The van der Waals surface area contributed by atoms with Crippen LogP contribution < -0.4 is 0 Å². The van der Waals surface area contributed by atoms with Crippen LogP contribution in [0.4, 0.5) is 4.39 Å². The lowest BCUT2D eigenvalue weighted by atomic mass is 10.1. The molecular formula is C18H14FNO3. The molecule has 116 valence electrons. The number of carbonyl (C=O) groups is 2. The van der Waals surface area contributed by atoms with Crippen LogP contribution in [-0.2, 0) is 6.54 Å². The molecule has 0 atom stereocenters. The summed E-state index contributed by atoms with van der Waals surface area (Å²) in [5.41, 5.74) is 1.89. The van der Waals surface area contributed by atoms with Gasteiger partial charge in [-0.25, -0.2) is 9.18 Å². The Hall–Kier alpha value is -2.95. The molecule has 4 nitrogen and oxygen atoms in total. The number of hydrogen-bond donors (Lipinski definition) is 1. The normalized spacial score (nSPS) is 10.9. The number of rotatable bonds is 4. The molecule has 5 heteroatoms. The highest BCUT2D eigenvalue weighted by Gasteiger charge is 2.22. The van der Waals surface area contributed by atoms with E-state index in [-0.39, 0.29) is 17.8 Å². The van der Waals surface area contributed by atoms with E-state index in [2.05, 4.69) is 0 Å². The van der Waals surface area contributed by atoms with E-state index in [9.17, 15) is 19.1 Å². The number of benzene rings is 2. The zero-order valence-electron chi connectivity index (χ0n) is 12.4. The fourth-order valence-corrected chi connectivity index (χ4v) is 2.80. The predicted molar refractivity (Wildman–Crippen MR) is 84.5 cm³/mol. The van der Waals surface area contributed by atoms with Crippen LogP contribution in [0.5, 0.6) is 0 Å². The standard InChI is InChI=1S/C18H14FNO3/c1-11-6-7-13-14(10-21)17(18(22)23)20(16(13)8-11)9-12-4-2-3-5-15(12)19/h2-8,10H,9H2,1H3,(H,22,23). The van der Waals surface area contributed by atoms with Crippen LogP contribution in [0.25, 0.3) is 10.9 Å². The molecule has 0 unspecified atom stereocenters. The van der Waals surface area contributed by atoms with Crippen LogP contribution in [0.2, 0.25) is 0 Å². The average Bonchev–Trinajstić information content (AvgIpc) is 2.82. The first-order chi connectivity index (χ1) is 11.0. The molecule has 1 aromatic heterocycles. The number of nitrogens with zero attached hydrogens (tertiary/aromatic N) is 1. The van der Waals surface area contributed by atoms with E-state index in [1.807, 2.05) is 13.0 Å². The monoisotopic (exact) mass is 311 g/mol. The van der Waals surface area contributed by atoms with Crippen molar-refractivity contribution in [1.29, 1.82) is 0 Å². The van der Waals surface area contributed by atoms with Gasteiger partial charge in [0.25, 0.3) is 0 Å². The molecule has 2 aromatic carbocycles. The maximum Gasteiger partial charge on any atom is 0.353 e. The van der Waals surface area contributed by atoms with E-state index in [0.717, 1.165) is 5.56 Å². The Kier molecular flexibility index (Phi) is 3.70. The molecule has 0 saturated carbocycles. The minimum atomic E-state index is -1.21. The van der Waals surface area contributed by atoms with Gasteiger partial charge in [-0.3, -0.25) is 4.79 Å². The summed E-state index contributed by atoms with van der Waals surface area (Å²) in [5.74, 6) is -1.62. The topological polar surface area (TPSA) is 59.3 Å². The van der Waals surface area contributed by atoms with Gasteiger partial charge in [0.2, 0.25) is 0 Å². The lowest BCUT2D eigenvalue weighted by molar-refractivity contribution is 0.0683. The van der Waals surface area contributed by atoms with Gasteiger partial charge in [0.1, 0.15) is 11.5 Å². The molecule has 0 bridgehead atoms. The number of aromatic carboxylic acids is 1. The van der Waals surface area contributed by atoms with E-state index < -0.39 is 11.8 Å². The highest BCUT2D eigenvalue weighted by Crippen LogP contribution is 2.27. The summed E-state index contributed by atoms with van der Waals surface area (Å²) in [5, 5.41) is 10.1. The molecule has 0 saturated heterocycles.